The van der Waals surface area contributed by atoms with Crippen LogP contribution in [0.5, 0.6) is 5.75 Å². The third-order valence-corrected chi connectivity index (χ3v) is 7.30. The second kappa shape index (κ2) is 12.9. The largest absolute Gasteiger partial charge is 0.507 e. The van der Waals surface area contributed by atoms with E-state index in [4.69, 9.17) is 20.2 Å². The van der Waals surface area contributed by atoms with Gasteiger partial charge in [-0.3, -0.25) is 4.90 Å². The Balaban J connectivity index is 1.26. The maximum atomic E-state index is 10.3. The van der Waals surface area contributed by atoms with E-state index < -0.39 is 0 Å². The van der Waals surface area contributed by atoms with Crippen LogP contribution >= 0.6 is 0 Å². The normalized spacial score (nSPS) is 20.1. The van der Waals surface area contributed by atoms with Crippen molar-refractivity contribution < 1.29 is 14.6 Å². The number of ether oxygens (including phenoxy) is 2. The van der Waals surface area contributed by atoms with Gasteiger partial charge in [0.25, 0.3) is 0 Å². The quantitative estimate of drug-likeness (QED) is 0.443. The van der Waals surface area contributed by atoms with Crippen molar-refractivity contribution in [2.75, 3.05) is 75.1 Å². The summed E-state index contributed by atoms with van der Waals surface area (Å²) in [5, 5.41) is 18.7. The number of phenolic OH excluding ortho intramolecular Hbond substituents is 1. The average Bonchev–Trinajstić information content (AvgIpc) is 3.16. The predicted molar refractivity (Wildman–Crippen MR) is 154 cm³/mol. The molecule has 1 aromatic carbocycles. The van der Waals surface area contributed by atoms with Gasteiger partial charge in [-0.15, -0.1) is 10.2 Å². The van der Waals surface area contributed by atoms with Crippen molar-refractivity contribution in [1.82, 2.24) is 25.1 Å². The summed E-state index contributed by atoms with van der Waals surface area (Å²) in [6.45, 7) is 8.03. The Labute approximate surface area is 234 Å². The second-order valence-corrected chi connectivity index (χ2v) is 10.1. The summed E-state index contributed by atoms with van der Waals surface area (Å²) in [6.07, 6.45) is 2.76. The molecule has 0 saturated carbocycles. The van der Waals surface area contributed by atoms with E-state index in [1.165, 1.54) is 0 Å². The van der Waals surface area contributed by atoms with Gasteiger partial charge in [-0.25, -0.2) is 9.97 Å². The van der Waals surface area contributed by atoms with Crippen LogP contribution in [-0.2, 0) is 9.47 Å². The average molecular weight is 545 g/mol. The van der Waals surface area contributed by atoms with Crippen molar-refractivity contribution in [2.45, 2.75) is 25.5 Å². The van der Waals surface area contributed by atoms with Gasteiger partial charge in [0, 0.05) is 57.6 Å². The summed E-state index contributed by atoms with van der Waals surface area (Å²) in [7, 11) is 1.69. The number of aromatic nitrogens is 4. The Bertz CT molecular complexity index is 1360. The van der Waals surface area contributed by atoms with E-state index in [9.17, 15) is 5.11 Å². The number of hydrogen-bond donors (Lipinski definition) is 2. The van der Waals surface area contributed by atoms with Crippen LogP contribution in [0.1, 0.15) is 19.2 Å². The van der Waals surface area contributed by atoms with Gasteiger partial charge in [-0.05, 0) is 43.5 Å². The fraction of sp³-hybridized carbons (Fsp3) is 0.448. The van der Waals surface area contributed by atoms with E-state index in [0.29, 0.717) is 42.7 Å². The predicted octanol–water partition coefficient (Wildman–Crippen LogP) is 2.03. The molecule has 3 aromatic rings. The molecule has 2 fully saturated rings. The third kappa shape index (κ3) is 6.59. The maximum Gasteiger partial charge on any atom is 0.206 e. The van der Waals surface area contributed by atoms with Gasteiger partial charge in [0.1, 0.15) is 11.6 Å². The van der Waals surface area contributed by atoms with Crippen LogP contribution in [0.2, 0.25) is 0 Å². The highest BCUT2D eigenvalue weighted by Crippen LogP contribution is 2.32. The van der Waals surface area contributed by atoms with E-state index in [-0.39, 0.29) is 17.9 Å². The molecule has 2 aliphatic rings. The minimum atomic E-state index is 0.0829. The van der Waals surface area contributed by atoms with Crippen molar-refractivity contribution in [3.05, 3.63) is 48.4 Å². The summed E-state index contributed by atoms with van der Waals surface area (Å²) in [4.78, 5) is 16.0. The summed E-state index contributed by atoms with van der Waals surface area (Å²) in [6, 6.07) is 11.2. The number of para-hydroxylation sites is 1. The molecule has 2 saturated heterocycles. The monoisotopic (exact) mass is 544 g/mol. The topological polar surface area (TPSA) is 126 Å². The van der Waals surface area contributed by atoms with E-state index in [1.54, 1.807) is 25.4 Å². The Morgan fingerprint density at radius 1 is 1.15 bits per heavy atom. The number of rotatable bonds is 6. The number of aromatic hydroxyl groups is 1. The molecule has 2 aliphatic heterocycles. The molecule has 2 atom stereocenters. The lowest BCUT2D eigenvalue weighted by atomic mass is 10.1. The Kier molecular flexibility index (Phi) is 8.91. The van der Waals surface area contributed by atoms with E-state index in [2.05, 4.69) is 48.6 Å². The first-order valence-corrected chi connectivity index (χ1v) is 13.6. The first kappa shape index (κ1) is 27.6. The van der Waals surface area contributed by atoms with Gasteiger partial charge >= 0.3 is 0 Å². The molecule has 5 rings (SSSR count). The van der Waals surface area contributed by atoms with Crippen LogP contribution in [0, 0.1) is 11.8 Å². The Morgan fingerprint density at radius 3 is 2.88 bits per heavy atom. The fourth-order valence-corrected chi connectivity index (χ4v) is 5.12. The van der Waals surface area contributed by atoms with Crippen molar-refractivity contribution >= 4 is 17.3 Å². The van der Waals surface area contributed by atoms with Crippen molar-refractivity contribution in [3.63, 3.8) is 0 Å². The zero-order valence-electron chi connectivity index (χ0n) is 23.0. The maximum absolute atomic E-state index is 10.3. The molecule has 0 aliphatic carbocycles. The molecular formula is C29H36N8O3. The fourth-order valence-electron chi connectivity index (χ4n) is 5.12. The highest BCUT2D eigenvalue weighted by molar-refractivity contribution is 5.74. The van der Waals surface area contributed by atoms with E-state index in [1.807, 2.05) is 24.3 Å². The molecule has 0 spiro atoms. The number of nitrogens with zero attached hydrogens (tertiary/aromatic N) is 7. The highest BCUT2D eigenvalue weighted by Gasteiger charge is 2.25. The van der Waals surface area contributed by atoms with Crippen LogP contribution < -0.4 is 15.5 Å². The van der Waals surface area contributed by atoms with Gasteiger partial charge in [0.05, 0.1) is 37.2 Å². The molecule has 4 heterocycles. The summed E-state index contributed by atoms with van der Waals surface area (Å²) < 4.78 is 10.9. The SMILES string of the molecule is COC[C@H]1CN(CC#Cc2nccc(N3CCN(c4cc(-c5ccccc5O)nnc4N)CC[C@H]3C)n2)CCO1. The summed E-state index contributed by atoms with van der Waals surface area (Å²) in [5.74, 6) is 8.27. The van der Waals surface area contributed by atoms with Gasteiger partial charge in [0.15, 0.2) is 5.82 Å². The lowest BCUT2D eigenvalue weighted by Gasteiger charge is -2.31. The minimum absolute atomic E-state index is 0.0829. The molecule has 0 amide bonds. The third-order valence-electron chi connectivity index (χ3n) is 7.30. The smallest absolute Gasteiger partial charge is 0.206 e. The number of benzene rings is 1. The molecule has 210 valence electrons. The highest BCUT2D eigenvalue weighted by atomic mass is 16.5. The van der Waals surface area contributed by atoms with Gasteiger partial charge in [-0.2, -0.15) is 0 Å². The minimum Gasteiger partial charge on any atom is -0.507 e. The molecule has 0 radical (unpaired) electrons. The van der Waals surface area contributed by atoms with Crippen molar-refractivity contribution in [3.8, 4) is 28.8 Å². The molecule has 0 unspecified atom stereocenters. The zero-order valence-corrected chi connectivity index (χ0v) is 23.0. The van der Waals surface area contributed by atoms with Gasteiger partial charge < -0.3 is 30.1 Å². The lowest BCUT2D eigenvalue weighted by Crippen LogP contribution is -2.44. The number of nitrogen functional groups attached to an aromatic ring is 1. The number of morpholine rings is 1. The summed E-state index contributed by atoms with van der Waals surface area (Å²) >= 11 is 0. The standard InChI is InChI=1S/C29H36N8O3/c1-21-10-13-36(25-18-24(33-34-29(25)30)23-6-3-4-7-26(23)38)14-15-37(21)28-9-11-31-27(32-28)8-5-12-35-16-17-40-22(19-35)20-39-2/h3-4,6-7,9,11,18,21-22,38H,10,12-17,19-20H2,1-2H3,(H2,30,34)/t21-,22-/m1/s1. The van der Waals surface area contributed by atoms with Crippen LogP contribution in [0.4, 0.5) is 17.3 Å². The van der Waals surface area contributed by atoms with Crippen LogP contribution in [0.25, 0.3) is 11.3 Å². The number of nitrogens with two attached hydrogens (primary N) is 1. The number of methoxy groups -OCH3 is 1. The van der Waals surface area contributed by atoms with Crippen molar-refractivity contribution in [1.29, 1.82) is 0 Å². The number of hydrogen-bond acceptors (Lipinski definition) is 11. The molecule has 11 heteroatoms. The van der Waals surface area contributed by atoms with E-state index >= 15 is 0 Å². The van der Waals surface area contributed by atoms with Crippen molar-refractivity contribution in [2.24, 2.45) is 0 Å². The molecule has 11 nitrogen and oxygen atoms in total. The lowest BCUT2D eigenvalue weighted by molar-refractivity contribution is -0.0575. The van der Waals surface area contributed by atoms with Crippen LogP contribution in [0.15, 0.2) is 42.6 Å². The summed E-state index contributed by atoms with van der Waals surface area (Å²) in [5.41, 5.74) is 8.29. The molecular weight excluding hydrogens is 508 g/mol. The molecule has 40 heavy (non-hydrogen) atoms. The molecule has 2 aromatic heterocycles. The Morgan fingerprint density at radius 2 is 2.02 bits per heavy atom. The van der Waals surface area contributed by atoms with Crippen LogP contribution in [0.3, 0.4) is 0 Å². The molecule has 0 bridgehead atoms. The Hall–Kier alpha value is -3.98. The molecule has 3 N–H and O–H groups in total. The first-order chi connectivity index (χ1) is 19.5. The number of anilines is 3. The number of phenols is 1. The van der Waals surface area contributed by atoms with E-state index in [0.717, 1.165) is 50.6 Å². The van der Waals surface area contributed by atoms with Gasteiger partial charge in [0.2, 0.25) is 5.82 Å². The zero-order chi connectivity index (χ0) is 27.9. The van der Waals surface area contributed by atoms with Crippen LogP contribution in [-0.4, -0.2) is 102 Å². The second-order valence-electron chi connectivity index (χ2n) is 10.1. The van der Waals surface area contributed by atoms with Gasteiger partial charge in [-0.1, -0.05) is 18.1 Å². The first-order valence-electron chi connectivity index (χ1n) is 13.6.